The number of nitrogens with two attached hydrogens (primary N) is 1. The lowest BCUT2D eigenvalue weighted by Gasteiger charge is -2.61. The van der Waals surface area contributed by atoms with Gasteiger partial charge in [0.15, 0.2) is 6.04 Å². The molecule has 5 atom stereocenters. The standard InChI is InChI=1S/C29H44N3O2/c1-18-15-21(34-26(33)22(31)9-7-14-32-19(2)30)16-20-17-24-28(5)12-8-11-27(3,4)23(28)10-13-29(24,6)25(18)20/h15-16,22-24H,2,7-14,17,31H2,1,3-6H3,(H2,30,32)/q+1/p+1/t22?,23?,24-,28+,29-/m1/s1. The number of quaternary nitrogens is 1. The normalized spacial score (nSPS) is 32.9. The average Bonchev–Trinajstić information content (AvgIpc) is 3.04. The Morgan fingerprint density at radius 1 is 1.24 bits per heavy atom. The van der Waals surface area contributed by atoms with Gasteiger partial charge in [-0.05, 0) is 102 Å². The summed E-state index contributed by atoms with van der Waals surface area (Å²) in [6.45, 7) is 16.4. The van der Waals surface area contributed by atoms with Crippen LogP contribution in [0.2, 0.25) is 0 Å². The maximum Gasteiger partial charge on any atom is 0.370 e. The first-order valence-electron chi connectivity index (χ1n) is 13.2. The molecule has 4 rings (SSSR count). The molecule has 1 aromatic carbocycles. The molecular weight excluding hydrogens is 422 g/mol. The van der Waals surface area contributed by atoms with E-state index in [2.05, 4.69) is 64.4 Å². The van der Waals surface area contributed by atoms with Gasteiger partial charge < -0.3 is 16.2 Å². The van der Waals surface area contributed by atoms with Crippen LogP contribution in [-0.2, 0) is 16.6 Å². The Morgan fingerprint density at radius 2 is 1.97 bits per heavy atom. The highest BCUT2D eigenvalue weighted by Crippen LogP contribution is 2.67. The first kappa shape index (κ1) is 25.1. The van der Waals surface area contributed by atoms with Gasteiger partial charge in [-0.2, -0.15) is 0 Å². The van der Waals surface area contributed by atoms with Gasteiger partial charge >= 0.3 is 5.97 Å². The van der Waals surface area contributed by atoms with E-state index in [4.69, 9.17) is 10.5 Å². The summed E-state index contributed by atoms with van der Waals surface area (Å²) in [6.07, 6.45) is 9.05. The number of carbonyl (C=O) groups is 1. The van der Waals surface area contributed by atoms with Crippen molar-refractivity contribution < 1.29 is 15.3 Å². The van der Waals surface area contributed by atoms with E-state index in [9.17, 15) is 4.79 Å². The Morgan fingerprint density at radius 3 is 2.68 bits per heavy atom. The molecule has 2 saturated carbocycles. The van der Waals surface area contributed by atoms with Gasteiger partial charge in [0.05, 0.1) is 0 Å². The summed E-state index contributed by atoms with van der Waals surface area (Å²) in [6, 6.07) is 3.81. The maximum atomic E-state index is 12.7. The van der Waals surface area contributed by atoms with Crippen LogP contribution < -0.4 is 16.2 Å². The molecule has 0 bridgehead atoms. The fraction of sp³-hybridized carbons (Fsp3) is 0.690. The van der Waals surface area contributed by atoms with Crippen LogP contribution in [0.5, 0.6) is 5.75 Å². The summed E-state index contributed by atoms with van der Waals surface area (Å²) >= 11 is 0. The molecule has 186 valence electrons. The summed E-state index contributed by atoms with van der Waals surface area (Å²) in [5, 5.41) is 0. The number of carbonyl (C=O) groups excluding carboxylic acids is 1. The molecule has 0 aromatic heterocycles. The van der Waals surface area contributed by atoms with Crippen LogP contribution in [0.25, 0.3) is 0 Å². The smallest absolute Gasteiger partial charge is 0.370 e. The summed E-state index contributed by atoms with van der Waals surface area (Å²) < 4.78 is 5.84. The van der Waals surface area contributed by atoms with Crippen molar-refractivity contribution in [2.24, 2.45) is 33.4 Å². The monoisotopic (exact) mass is 467 g/mol. The Bertz CT molecular complexity index is 980. The van der Waals surface area contributed by atoms with E-state index in [0.29, 0.717) is 41.3 Å². The van der Waals surface area contributed by atoms with Crippen LogP contribution >= 0.6 is 0 Å². The zero-order valence-corrected chi connectivity index (χ0v) is 22.0. The quantitative estimate of drug-likeness (QED) is 0.161. The van der Waals surface area contributed by atoms with Crippen molar-refractivity contribution in [3.63, 3.8) is 0 Å². The first-order valence-corrected chi connectivity index (χ1v) is 13.2. The minimum absolute atomic E-state index is 0.214. The molecule has 0 heterocycles. The van der Waals surface area contributed by atoms with Crippen molar-refractivity contribution in [1.82, 2.24) is 0 Å². The number of nitrogens with zero attached hydrogens (tertiary/aromatic N) is 1. The average molecular weight is 468 g/mol. The summed E-state index contributed by atoms with van der Waals surface area (Å²) in [5.74, 6) is 2.16. The van der Waals surface area contributed by atoms with E-state index >= 15 is 0 Å². The first-order chi connectivity index (χ1) is 15.9. The molecule has 0 radical (unpaired) electrons. The lowest BCUT2D eigenvalue weighted by Crippen LogP contribution is -2.65. The summed E-state index contributed by atoms with van der Waals surface area (Å²) in [4.78, 5) is 16.8. The minimum atomic E-state index is -0.418. The second-order valence-electron chi connectivity index (χ2n) is 12.5. The molecule has 3 aliphatic rings. The lowest BCUT2D eigenvalue weighted by molar-refractivity contribution is -0.408. The van der Waals surface area contributed by atoms with Crippen LogP contribution in [0.15, 0.2) is 17.1 Å². The molecule has 1 aromatic rings. The van der Waals surface area contributed by atoms with E-state index in [1.165, 1.54) is 48.8 Å². The maximum absolute atomic E-state index is 12.7. The third-order valence-corrected chi connectivity index (χ3v) is 9.76. The fourth-order valence-corrected chi connectivity index (χ4v) is 8.37. The molecule has 2 fully saturated rings. The Labute approximate surface area is 206 Å². The number of aliphatic imine (C=N–C) groups is 1. The number of ether oxygens (including phenoxy) is 1. The predicted molar refractivity (Wildman–Crippen MR) is 138 cm³/mol. The Balaban J connectivity index is 1.53. The zero-order valence-electron chi connectivity index (χ0n) is 22.0. The van der Waals surface area contributed by atoms with Gasteiger partial charge in [-0.25, -0.2) is 9.79 Å². The number of amidine groups is 1. The third-order valence-electron chi connectivity index (χ3n) is 9.76. The number of fused-ring (bicyclic) bond motifs is 5. The van der Waals surface area contributed by atoms with Gasteiger partial charge in [0, 0.05) is 13.0 Å². The highest BCUT2D eigenvalue weighted by atomic mass is 16.5. The SMILES string of the molecule is [CH2+]C(N)=NCCCC([NH3+])C(=O)Oc1cc(C)c2c(c1)C[C@H]1[C@@]2(C)CCC2C(C)(C)CCC[C@@]21C. The topological polar surface area (TPSA) is 92.3 Å². The van der Waals surface area contributed by atoms with E-state index in [0.717, 1.165) is 18.8 Å². The second-order valence-corrected chi connectivity index (χ2v) is 12.5. The second kappa shape index (κ2) is 8.89. The van der Waals surface area contributed by atoms with Gasteiger partial charge in [-0.15, -0.1) is 0 Å². The van der Waals surface area contributed by atoms with E-state index in [1.807, 2.05) is 0 Å². The molecule has 0 aliphatic heterocycles. The van der Waals surface area contributed by atoms with E-state index in [1.54, 1.807) is 0 Å². The predicted octanol–water partition coefficient (Wildman–Crippen LogP) is 4.54. The molecule has 3 aliphatic carbocycles. The lowest BCUT2D eigenvalue weighted by atomic mass is 9.43. The Hall–Kier alpha value is -2.01. The highest BCUT2D eigenvalue weighted by molar-refractivity contribution is 5.84. The minimum Gasteiger partial charge on any atom is -0.422 e. The molecule has 5 heteroatoms. The summed E-state index contributed by atoms with van der Waals surface area (Å²) in [5.41, 5.74) is 14.7. The van der Waals surface area contributed by atoms with Gasteiger partial charge in [0.25, 0.3) is 5.84 Å². The third kappa shape index (κ3) is 4.25. The van der Waals surface area contributed by atoms with Crippen LogP contribution in [0, 0.1) is 36.5 Å². The van der Waals surface area contributed by atoms with Crippen LogP contribution in [0.1, 0.15) is 89.3 Å². The number of esters is 1. The van der Waals surface area contributed by atoms with Gasteiger partial charge in [-0.3, -0.25) is 0 Å². The molecule has 5 N–H and O–H groups in total. The number of rotatable bonds is 6. The molecule has 0 saturated heterocycles. The van der Waals surface area contributed by atoms with E-state index < -0.39 is 6.04 Å². The number of benzene rings is 1. The van der Waals surface area contributed by atoms with Crippen molar-refractivity contribution in [2.75, 3.05) is 6.54 Å². The van der Waals surface area contributed by atoms with Crippen LogP contribution in [-0.4, -0.2) is 24.4 Å². The molecule has 34 heavy (non-hydrogen) atoms. The van der Waals surface area contributed by atoms with Gasteiger partial charge in [0.1, 0.15) is 12.7 Å². The molecule has 5 nitrogen and oxygen atoms in total. The number of hydrogen-bond acceptors (Lipinski definition) is 3. The molecular formula is C29H45N3O2+2. The fourth-order valence-electron chi connectivity index (χ4n) is 8.37. The van der Waals surface area contributed by atoms with Crippen LogP contribution in [0.3, 0.4) is 0 Å². The molecule has 2 unspecified atom stereocenters. The van der Waals surface area contributed by atoms with Crippen molar-refractivity contribution in [3.05, 3.63) is 35.7 Å². The van der Waals surface area contributed by atoms with Crippen molar-refractivity contribution in [2.45, 2.75) is 97.4 Å². The highest BCUT2D eigenvalue weighted by Gasteiger charge is 2.61. The summed E-state index contributed by atoms with van der Waals surface area (Å²) in [7, 11) is 0. The number of hydrogen-bond donors (Lipinski definition) is 2. The molecule has 0 amide bonds. The van der Waals surface area contributed by atoms with Gasteiger partial charge in [0.2, 0.25) is 0 Å². The zero-order chi connectivity index (χ0) is 24.9. The largest absolute Gasteiger partial charge is 0.422 e. The van der Waals surface area contributed by atoms with Crippen molar-refractivity contribution >= 4 is 11.8 Å². The van der Waals surface area contributed by atoms with Crippen LogP contribution in [0.4, 0.5) is 0 Å². The van der Waals surface area contributed by atoms with Crippen molar-refractivity contribution in [1.29, 1.82) is 0 Å². The van der Waals surface area contributed by atoms with Gasteiger partial charge in [-0.1, -0.05) is 34.1 Å². The van der Waals surface area contributed by atoms with Crippen molar-refractivity contribution in [3.8, 4) is 5.75 Å². The van der Waals surface area contributed by atoms with E-state index in [-0.39, 0.29) is 11.4 Å². The Kier molecular flexibility index (Phi) is 6.56. The molecule has 0 spiro atoms. The number of aryl methyl sites for hydroxylation is 1.